The number of carbonyl (C=O) groups excluding carboxylic acids is 2. The number of ether oxygens (including phenoxy) is 2. The van der Waals surface area contributed by atoms with E-state index in [2.05, 4.69) is 26.8 Å². The van der Waals surface area contributed by atoms with Gasteiger partial charge < -0.3 is 9.47 Å². The molecule has 6 nitrogen and oxygen atoms in total. The molecule has 8 heteroatoms. The number of thiophene rings is 1. The van der Waals surface area contributed by atoms with Gasteiger partial charge in [0, 0.05) is 5.38 Å². The Morgan fingerprint density at radius 3 is 2.73 bits per heavy atom. The van der Waals surface area contributed by atoms with Crippen LogP contribution in [0, 0.1) is 0 Å². The SMILES string of the molecule is O=C(NNC(=O)C1COc2ccccc2O1)c1csc(Br)c1. The zero-order valence-corrected chi connectivity index (χ0v) is 13.6. The molecule has 1 unspecified atom stereocenters. The minimum Gasteiger partial charge on any atom is -0.485 e. The van der Waals surface area contributed by atoms with Crippen LogP contribution in [-0.2, 0) is 4.79 Å². The highest BCUT2D eigenvalue weighted by Crippen LogP contribution is 2.30. The second kappa shape index (κ2) is 6.37. The second-order valence-electron chi connectivity index (χ2n) is 4.45. The zero-order valence-electron chi connectivity index (χ0n) is 11.2. The summed E-state index contributed by atoms with van der Waals surface area (Å²) >= 11 is 4.66. The van der Waals surface area contributed by atoms with Crippen molar-refractivity contribution in [3.05, 3.63) is 45.1 Å². The molecule has 2 amide bonds. The largest absolute Gasteiger partial charge is 0.485 e. The Balaban J connectivity index is 1.56. The molecule has 2 N–H and O–H groups in total. The first-order valence-electron chi connectivity index (χ1n) is 6.36. The molecular weight excluding hydrogens is 372 g/mol. The van der Waals surface area contributed by atoms with Gasteiger partial charge in [-0.05, 0) is 34.1 Å². The lowest BCUT2D eigenvalue weighted by Gasteiger charge is -2.25. The maximum absolute atomic E-state index is 12.0. The van der Waals surface area contributed by atoms with Gasteiger partial charge in [-0.1, -0.05) is 12.1 Å². The first-order valence-corrected chi connectivity index (χ1v) is 8.03. The van der Waals surface area contributed by atoms with Crippen molar-refractivity contribution in [3.63, 3.8) is 0 Å². The molecule has 22 heavy (non-hydrogen) atoms. The zero-order chi connectivity index (χ0) is 15.5. The highest BCUT2D eigenvalue weighted by molar-refractivity contribution is 9.11. The second-order valence-corrected chi connectivity index (χ2v) is 6.74. The van der Waals surface area contributed by atoms with Gasteiger partial charge in [-0.3, -0.25) is 20.4 Å². The van der Waals surface area contributed by atoms with Crippen LogP contribution in [0.1, 0.15) is 10.4 Å². The van der Waals surface area contributed by atoms with E-state index in [-0.39, 0.29) is 6.61 Å². The minimum absolute atomic E-state index is 0.0860. The number of benzene rings is 1. The highest BCUT2D eigenvalue weighted by atomic mass is 79.9. The van der Waals surface area contributed by atoms with Crippen molar-refractivity contribution in [2.45, 2.75) is 6.10 Å². The van der Waals surface area contributed by atoms with Crippen LogP contribution in [0.4, 0.5) is 0 Å². The van der Waals surface area contributed by atoms with E-state index in [1.54, 1.807) is 29.6 Å². The topological polar surface area (TPSA) is 76.7 Å². The Morgan fingerprint density at radius 2 is 2.00 bits per heavy atom. The third kappa shape index (κ3) is 3.23. The molecule has 1 atom stereocenters. The Morgan fingerprint density at radius 1 is 1.23 bits per heavy atom. The van der Waals surface area contributed by atoms with Crippen LogP contribution in [0.2, 0.25) is 0 Å². The van der Waals surface area contributed by atoms with Gasteiger partial charge in [0.1, 0.15) is 6.61 Å². The lowest BCUT2D eigenvalue weighted by atomic mass is 10.2. The van der Waals surface area contributed by atoms with Crippen LogP contribution in [0.5, 0.6) is 11.5 Å². The summed E-state index contributed by atoms with van der Waals surface area (Å²) in [5, 5.41) is 1.68. The van der Waals surface area contributed by atoms with Crippen LogP contribution in [0.25, 0.3) is 0 Å². The maximum Gasteiger partial charge on any atom is 0.283 e. The Kier molecular flexibility index (Phi) is 4.30. The predicted octanol–water partition coefficient (Wildman–Crippen LogP) is 2.11. The summed E-state index contributed by atoms with van der Waals surface area (Å²) in [7, 11) is 0. The number of hydrazine groups is 1. The summed E-state index contributed by atoms with van der Waals surface area (Å²) < 4.78 is 11.8. The molecule has 2 aromatic rings. The van der Waals surface area contributed by atoms with E-state index >= 15 is 0 Å². The Bertz CT molecular complexity index is 718. The molecule has 1 aliphatic heterocycles. The smallest absolute Gasteiger partial charge is 0.283 e. The Hall–Kier alpha value is -2.06. The van der Waals surface area contributed by atoms with Crippen molar-refractivity contribution >= 4 is 39.1 Å². The highest BCUT2D eigenvalue weighted by Gasteiger charge is 2.27. The summed E-state index contributed by atoms with van der Waals surface area (Å²) in [4.78, 5) is 23.8. The average molecular weight is 383 g/mol. The fourth-order valence-electron chi connectivity index (χ4n) is 1.85. The summed E-state index contributed by atoms with van der Waals surface area (Å²) in [5.74, 6) is 0.227. The fraction of sp³-hybridized carbons (Fsp3) is 0.143. The molecule has 1 aliphatic rings. The summed E-state index contributed by atoms with van der Waals surface area (Å²) in [6.45, 7) is 0.0860. The molecule has 114 valence electrons. The van der Waals surface area contributed by atoms with Crippen LogP contribution in [0.15, 0.2) is 39.5 Å². The quantitative estimate of drug-likeness (QED) is 0.779. The van der Waals surface area contributed by atoms with Gasteiger partial charge in [-0.25, -0.2) is 0 Å². The van der Waals surface area contributed by atoms with Gasteiger partial charge in [0.15, 0.2) is 11.5 Å². The van der Waals surface area contributed by atoms with Crippen LogP contribution in [0.3, 0.4) is 0 Å². The number of rotatable bonds is 2. The van der Waals surface area contributed by atoms with Crippen LogP contribution in [-0.4, -0.2) is 24.5 Å². The van der Waals surface area contributed by atoms with E-state index in [0.29, 0.717) is 17.1 Å². The molecule has 0 radical (unpaired) electrons. The molecule has 3 rings (SSSR count). The van der Waals surface area contributed by atoms with E-state index in [0.717, 1.165) is 3.79 Å². The third-order valence-electron chi connectivity index (χ3n) is 2.93. The van der Waals surface area contributed by atoms with Gasteiger partial charge in [-0.2, -0.15) is 0 Å². The molecule has 1 aromatic heterocycles. The number of hydrogen-bond donors (Lipinski definition) is 2. The number of para-hydroxylation sites is 2. The molecular formula is C14H11BrN2O4S. The third-order valence-corrected chi connectivity index (χ3v) is 4.43. The fourth-order valence-corrected chi connectivity index (χ4v) is 2.99. The van der Waals surface area contributed by atoms with Crippen molar-refractivity contribution < 1.29 is 19.1 Å². The van der Waals surface area contributed by atoms with E-state index in [9.17, 15) is 9.59 Å². The summed E-state index contributed by atoms with van der Waals surface area (Å²) in [5.41, 5.74) is 5.14. The molecule has 0 aliphatic carbocycles. The average Bonchev–Trinajstić information content (AvgIpc) is 2.98. The molecule has 0 spiro atoms. The number of carbonyl (C=O) groups is 2. The first-order chi connectivity index (χ1) is 10.6. The molecule has 1 aromatic carbocycles. The molecule has 0 saturated carbocycles. The minimum atomic E-state index is -0.815. The maximum atomic E-state index is 12.0. The number of fused-ring (bicyclic) bond motifs is 1. The summed E-state index contributed by atoms with van der Waals surface area (Å²) in [6, 6.07) is 8.76. The van der Waals surface area contributed by atoms with Crippen LogP contribution >= 0.6 is 27.3 Å². The molecule has 2 heterocycles. The molecule has 0 saturated heterocycles. The van der Waals surface area contributed by atoms with Crippen molar-refractivity contribution in [1.82, 2.24) is 10.9 Å². The number of halogens is 1. The van der Waals surface area contributed by atoms with Gasteiger partial charge in [0.05, 0.1) is 9.35 Å². The van der Waals surface area contributed by atoms with Gasteiger partial charge >= 0.3 is 0 Å². The van der Waals surface area contributed by atoms with E-state index in [1.165, 1.54) is 11.3 Å². The standard InChI is InChI=1S/C14H11BrN2O4S/c15-12-5-8(7-22-12)13(18)16-17-14(19)11-6-20-9-3-1-2-4-10(9)21-11/h1-5,7,11H,6H2,(H,16,18)(H,17,19). The number of nitrogens with one attached hydrogen (secondary N) is 2. The Labute approximate surface area is 138 Å². The monoisotopic (exact) mass is 382 g/mol. The number of amides is 2. The van der Waals surface area contributed by atoms with Crippen molar-refractivity contribution in [2.24, 2.45) is 0 Å². The van der Waals surface area contributed by atoms with Crippen molar-refractivity contribution in [3.8, 4) is 11.5 Å². The van der Waals surface area contributed by atoms with Crippen LogP contribution < -0.4 is 20.3 Å². The number of hydrogen-bond acceptors (Lipinski definition) is 5. The normalized spacial score (nSPS) is 16.0. The summed E-state index contributed by atoms with van der Waals surface area (Å²) in [6.07, 6.45) is -0.815. The predicted molar refractivity (Wildman–Crippen MR) is 84.0 cm³/mol. The van der Waals surface area contributed by atoms with Crippen molar-refractivity contribution in [2.75, 3.05) is 6.61 Å². The lowest BCUT2D eigenvalue weighted by Crippen LogP contribution is -2.50. The van der Waals surface area contributed by atoms with E-state index in [4.69, 9.17) is 9.47 Å². The molecule has 0 bridgehead atoms. The lowest BCUT2D eigenvalue weighted by molar-refractivity contribution is -0.131. The van der Waals surface area contributed by atoms with Gasteiger partial charge in [0.25, 0.3) is 11.8 Å². The van der Waals surface area contributed by atoms with E-state index in [1.807, 2.05) is 6.07 Å². The van der Waals surface area contributed by atoms with Crippen molar-refractivity contribution in [1.29, 1.82) is 0 Å². The molecule has 0 fully saturated rings. The van der Waals surface area contributed by atoms with Gasteiger partial charge in [-0.15, -0.1) is 11.3 Å². The van der Waals surface area contributed by atoms with E-state index < -0.39 is 17.9 Å². The first kappa shape index (κ1) is 14.9. The van der Waals surface area contributed by atoms with Gasteiger partial charge in [0.2, 0.25) is 6.10 Å².